The number of rotatable bonds is 4. The first-order chi connectivity index (χ1) is 7.08. The Balaban J connectivity index is 1.77. The minimum atomic E-state index is -3.04. The molecule has 0 bridgehead atoms. The first-order valence-electron chi connectivity index (χ1n) is 5.82. The van der Waals surface area contributed by atoms with Gasteiger partial charge in [-0.15, -0.1) is 0 Å². The van der Waals surface area contributed by atoms with Crippen molar-refractivity contribution in [2.75, 3.05) is 6.54 Å². The summed E-state index contributed by atoms with van der Waals surface area (Å²) in [6.45, 7) is 0.590. The summed E-state index contributed by atoms with van der Waals surface area (Å²) in [4.78, 5) is 0. The second-order valence-electron chi connectivity index (χ2n) is 4.90. The van der Waals surface area contributed by atoms with Crippen LogP contribution in [0, 0.1) is 5.92 Å². The second kappa shape index (κ2) is 4.39. The zero-order valence-electron chi connectivity index (χ0n) is 8.98. The van der Waals surface area contributed by atoms with Crippen molar-refractivity contribution in [3.05, 3.63) is 0 Å². The largest absolute Gasteiger partial charge is 0.328 e. The van der Waals surface area contributed by atoms with E-state index in [0.29, 0.717) is 18.5 Å². The van der Waals surface area contributed by atoms with Crippen molar-refractivity contribution < 1.29 is 8.42 Å². The van der Waals surface area contributed by atoms with Gasteiger partial charge in [0.1, 0.15) is 0 Å². The molecule has 0 aromatic carbocycles. The molecule has 0 aromatic heterocycles. The molecule has 0 aliphatic heterocycles. The van der Waals surface area contributed by atoms with Gasteiger partial charge in [-0.2, -0.15) is 0 Å². The van der Waals surface area contributed by atoms with E-state index in [-0.39, 0.29) is 5.25 Å². The summed E-state index contributed by atoms with van der Waals surface area (Å²) in [5.41, 5.74) is 5.65. The Morgan fingerprint density at radius 1 is 1.20 bits per heavy atom. The molecule has 0 spiro atoms. The first kappa shape index (κ1) is 11.4. The maximum atomic E-state index is 11.8. The van der Waals surface area contributed by atoms with Crippen LogP contribution in [0.4, 0.5) is 0 Å². The number of nitrogens with one attached hydrogen (secondary N) is 1. The van der Waals surface area contributed by atoms with Gasteiger partial charge in [-0.1, -0.05) is 12.8 Å². The molecule has 4 nitrogen and oxygen atoms in total. The summed E-state index contributed by atoms with van der Waals surface area (Å²) in [6.07, 6.45) is 5.71. The Hall–Kier alpha value is -0.130. The van der Waals surface area contributed by atoms with Gasteiger partial charge in [-0.05, 0) is 31.6 Å². The Labute approximate surface area is 91.7 Å². The fourth-order valence-corrected chi connectivity index (χ4v) is 4.16. The maximum absolute atomic E-state index is 11.8. The van der Waals surface area contributed by atoms with E-state index in [2.05, 4.69) is 4.72 Å². The van der Waals surface area contributed by atoms with Crippen LogP contribution in [0.15, 0.2) is 0 Å². The summed E-state index contributed by atoms with van der Waals surface area (Å²) in [6, 6.07) is 0.297. The molecule has 88 valence electrons. The quantitative estimate of drug-likeness (QED) is 0.745. The van der Waals surface area contributed by atoms with E-state index < -0.39 is 10.0 Å². The topological polar surface area (TPSA) is 72.2 Å². The lowest BCUT2D eigenvalue weighted by atomic mass is 9.81. The molecular weight excluding hydrogens is 212 g/mol. The van der Waals surface area contributed by atoms with Crippen LogP contribution in [0.2, 0.25) is 0 Å². The molecule has 0 unspecified atom stereocenters. The SMILES string of the molecule is NC1CC(CNS(=O)(=O)C2CCCC2)C1. The summed E-state index contributed by atoms with van der Waals surface area (Å²) in [7, 11) is -3.04. The molecule has 15 heavy (non-hydrogen) atoms. The van der Waals surface area contributed by atoms with Gasteiger partial charge in [0.25, 0.3) is 0 Å². The third kappa shape index (κ3) is 2.71. The van der Waals surface area contributed by atoms with Gasteiger partial charge in [-0.3, -0.25) is 0 Å². The van der Waals surface area contributed by atoms with E-state index in [1.54, 1.807) is 0 Å². The highest BCUT2D eigenvalue weighted by Crippen LogP contribution is 2.27. The van der Waals surface area contributed by atoms with Crippen LogP contribution < -0.4 is 10.5 Å². The van der Waals surface area contributed by atoms with E-state index in [1.807, 2.05) is 0 Å². The smallest absolute Gasteiger partial charge is 0.214 e. The van der Waals surface area contributed by atoms with Crippen molar-refractivity contribution in [2.45, 2.75) is 49.8 Å². The molecule has 0 amide bonds. The standard InChI is InChI=1S/C10H20N2O2S/c11-9-5-8(6-9)7-12-15(13,14)10-3-1-2-4-10/h8-10,12H,1-7,11H2. The molecule has 2 aliphatic rings. The molecule has 3 N–H and O–H groups in total. The van der Waals surface area contributed by atoms with Crippen LogP contribution in [-0.4, -0.2) is 26.3 Å². The maximum Gasteiger partial charge on any atom is 0.214 e. The average Bonchev–Trinajstić information content (AvgIpc) is 2.63. The number of hydrogen-bond donors (Lipinski definition) is 2. The highest BCUT2D eigenvalue weighted by Gasteiger charge is 2.31. The first-order valence-corrected chi connectivity index (χ1v) is 7.36. The van der Waals surface area contributed by atoms with Crippen LogP contribution in [0.3, 0.4) is 0 Å². The third-order valence-electron chi connectivity index (χ3n) is 3.59. The van der Waals surface area contributed by atoms with E-state index in [9.17, 15) is 8.42 Å². The second-order valence-corrected chi connectivity index (χ2v) is 6.94. The highest BCUT2D eigenvalue weighted by atomic mass is 32.2. The predicted molar refractivity (Wildman–Crippen MR) is 59.9 cm³/mol. The molecule has 2 aliphatic carbocycles. The van der Waals surface area contributed by atoms with Crippen molar-refractivity contribution in [3.8, 4) is 0 Å². The minimum absolute atomic E-state index is 0.133. The van der Waals surface area contributed by atoms with Gasteiger partial charge in [-0.25, -0.2) is 13.1 Å². The molecule has 0 heterocycles. The van der Waals surface area contributed by atoms with Crippen molar-refractivity contribution in [1.82, 2.24) is 4.72 Å². The molecule has 2 fully saturated rings. The molecule has 2 rings (SSSR count). The van der Waals surface area contributed by atoms with Gasteiger partial charge in [0.15, 0.2) is 0 Å². The highest BCUT2D eigenvalue weighted by molar-refractivity contribution is 7.90. The number of nitrogens with two attached hydrogens (primary N) is 1. The minimum Gasteiger partial charge on any atom is -0.328 e. The van der Waals surface area contributed by atoms with E-state index in [1.165, 1.54) is 0 Å². The monoisotopic (exact) mass is 232 g/mol. The van der Waals surface area contributed by atoms with E-state index in [4.69, 9.17) is 5.73 Å². The van der Waals surface area contributed by atoms with Gasteiger partial charge in [0.2, 0.25) is 10.0 Å². The lowest BCUT2D eigenvalue weighted by Crippen LogP contribution is -2.44. The van der Waals surface area contributed by atoms with Gasteiger partial charge in [0.05, 0.1) is 5.25 Å². The molecule has 0 aromatic rings. The summed E-state index contributed by atoms with van der Waals surface area (Å²) in [5, 5.41) is -0.133. The molecule has 5 heteroatoms. The molecule has 0 saturated heterocycles. The predicted octanol–water partition coefficient (Wildman–Crippen LogP) is 0.586. The van der Waals surface area contributed by atoms with Crippen LogP contribution in [-0.2, 0) is 10.0 Å². The Kier molecular flexibility index (Phi) is 3.33. The summed E-state index contributed by atoms with van der Waals surface area (Å²) >= 11 is 0. The molecule has 2 saturated carbocycles. The van der Waals surface area contributed by atoms with E-state index >= 15 is 0 Å². The number of hydrogen-bond acceptors (Lipinski definition) is 3. The average molecular weight is 232 g/mol. The van der Waals surface area contributed by atoms with Crippen molar-refractivity contribution in [3.63, 3.8) is 0 Å². The van der Waals surface area contributed by atoms with Crippen molar-refractivity contribution >= 4 is 10.0 Å². The van der Waals surface area contributed by atoms with Crippen LogP contribution >= 0.6 is 0 Å². The summed E-state index contributed by atoms with van der Waals surface area (Å²) < 4.78 is 26.4. The Morgan fingerprint density at radius 3 is 2.33 bits per heavy atom. The lowest BCUT2D eigenvalue weighted by Gasteiger charge is -2.32. The zero-order valence-corrected chi connectivity index (χ0v) is 9.80. The normalized spacial score (nSPS) is 32.9. The van der Waals surface area contributed by atoms with Crippen LogP contribution in [0.1, 0.15) is 38.5 Å². The Morgan fingerprint density at radius 2 is 1.80 bits per heavy atom. The molecular formula is C10H20N2O2S. The van der Waals surface area contributed by atoms with Gasteiger partial charge >= 0.3 is 0 Å². The Bertz CT molecular complexity index is 303. The third-order valence-corrected chi connectivity index (χ3v) is 5.50. The zero-order chi connectivity index (χ0) is 10.9. The van der Waals surface area contributed by atoms with Crippen molar-refractivity contribution in [1.29, 1.82) is 0 Å². The fourth-order valence-electron chi connectivity index (χ4n) is 2.50. The lowest BCUT2D eigenvalue weighted by molar-refractivity contribution is 0.267. The number of sulfonamides is 1. The van der Waals surface area contributed by atoms with Gasteiger partial charge < -0.3 is 5.73 Å². The fraction of sp³-hybridized carbons (Fsp3) is 1.00. The van der Waals surface area contributed by atoms with Gasteiger partial charge in [0, 0.05) is 12.6 Å². The van der Waals surface area contributed by atoms with Crippen LogP contribution in [0.5, 0.6) is 0 Å². The van der Waals surface area contributed by atoms with Crippen molar-refractivity contribution in [2.24, 2.45) is 11.7 Å². The molecule has 0 atom stereocenters. The van der Waals surface area contributed by atoms with E-state index in [0.717, 1.165) is 38.5 Å². The van der Waals surface area contributed by atoms with Crippen LogP contribution in [0.25, 0.3) is 0 Å². The molecule has 0 radical (unpaired) electrons. The summed E-state index contributed by atoms with van der Waals surface area (Å²) in [5.74, 6) is 0.469.